The van der Waals surface area contributed by atoms with E-state index in [4.69, 9.17) is 0 Å². The molecule has 0 radical (unpaired) electrons. The van der Waals surface area contributed by atoms with Crippen LogP contribution in [0.3, 0.4) is 0 Å². The van der Waals surface area contributed by atoms with E-state index >= 15 is 0 Å². The molecule has 2 heterocycles. The van der Waals surface area contributed by atoms with Crippen LogP contribution in [0, 0.1) is 11.3 Å². The summed E-state index contributed by atoms with van der Waals surface area (Å²) in [7, 11) is 0. The van der Waals surface area contributed by atoms with Gasteiger partial charge in [-0.15, -0.1) is 0 Å². The number of rotatable bonds is 1. The normalized spacial score (nSPS) is 30.1. The van der Waals surface area contributed by atoms with Crippen molar-refractivity contribution >= 4 is 11.8 Å². The van der Waals surface area contributed by atoms with Crippen LogP contribution in [0.4, 0.5) is 0 Å². The third-order valence-electron chi connectivity index (χ3n) is 4.86. The van der Waals surface area contributed by atoms with Crippen LogP contribution in [0.5, 0.6) is 0 Å². The highest BCUT2D eigenvalue weighted by Crippen LogP contribution is 2.60. The highest BCUT2D eigenvalue weighted by atomic mass is 16.2. The summed E-state index contributed by atoms with van der Waals surface area (Å²) in [6.07, 6.45) is 4.28. The molecule has 3 rings (SSSR count). The van der Waals surface area contributed by atoms with Gasteiger partial charge in [-0.1, -0.05) is 0 Å². The van der Waals surface area contributed by atoms with Crippen LogP contribution in [0.15, 0.2) is 0 Å². The molecule has 4 heteroatoms. The second kappa shape index (κ2) is 3.72. The Bertz CT molecular complexity index is 354. The van der Waals surface area contributed by atoms with Crippen molar-refractivity contribution in [3.63, 3.8) is 0 Å². The fraction of sp³-hybridized carbons (Fsp3) is 0.846. The molecule has 0 aromatic carbocycles. The van der Waals surface area contributed by atoms with Crippen LogP contribution in [-0.4, -0.2) is 47.8 Å². The van der Waals surface area contributed by atoms with E-state index < -0.39 is 0 Å². The summed E-state index contributed by atoms with van der Waals surface area (Å²) in [5.41, 5.74) is 0.263. The zero-order valence-electron chi connectivity index (χ0n) is 10.4. The minimum absolute atomic E-state index is 0.172. The van der Waals surface area contributed by atoms with Crippen molar-refractivity contribution < 1.29 is 9.59 Å². The molecule has 2 amide bonds. The van der Waals surface area contributed by atoms with Crippen molar-refractivity contribution in [1.82, 2.24) is 9.80 Å². The van der Waals surface area contributed by atoms with Crippen molar-refractivity contribution in [3.8, 4) is 0 Å². The Morgan fingerprint density at radius 2 is 1.71 bits per heavy atom. The van der Waals surface area contributed by atoms with Gasteiger partial charge in [-0.05, 0) is 31.1 Å². The van der Waals surface area contributed by atoms with Crippen molar-refractivity contribution in [2.75, 3.05) is 26.2 Å². The van der Waals surface area contributed by atoms with Crippen LogP contribution in [0.1, 0.15) is 32.6 Å². The number of carbonyl (C=O) groups excluding carboxylic acids is 2. The molecule has 1 spiro atoms. The fourth-order valence-electron chi connectivity index (χ4n) is 3.27. The molecule has 94 valence electrons. The van der Waals surface area contributed by atoms with Gasteiger partial charge in [0, 0.05) is 39.0 Å². The number of hydrogen-bond donors (Lipinski definition) is 0. The van der Waals surface area contributed by atoms with Crippen LogP contribution >= 0.6 is 0 Å². The lowest BCUT2D eigenvalue weighted by Gasteiger charge is -2.35. The van der Waals surface area contributed by atoms with E-state index in [1.165, 1.54) is 6.42 Å². The minimum atomic E-state index is 0.172. The van der Waals surface area contributed by atoms with Crippen molar-refractivity contribution in [3.05, 3.63) is 0 Å². The molecular weight excluding hydrogens is 216 g/mol. The zero-order chi connectivity index (χ0) is 12.0. The van der Waals surface area contributed by atoms with Gasteiger partial charge in [0.05, 0.1) is 0 Å². The zero-order valence-corrected chi connectivity index (χ0v) is 10.4. The van der Waals surface area contributed by atoms with Gasteiger partial charge in [0.2, 0.25) is 11.8 Å². The van der Waals surface area contributed by atoms with Gasteiger partial charge in [-0.25, -0.2) is 0 Å². The summed E-state index contributed by atoms with van der Waals surface area (Å²) in [6.45, 7) is 5.25. The van der Waals surface area contributed by atoms with Crippen LogP contribution in [-0.2, 0) is 9.59 Å². The number of hydrogen-bond acceptors (Lipinski definition) is 2. The van der Waals surface area contributed by atoms with Gasteiger partial charge in [-0.3, -0.25) is 9.59 Å². The Morgan fingerprint density at radius 3 is 2.18 bits per heavy atom. The first kappa shape index (κ1) is 11.1. The van der Waals surface area contributed by atoms with E-state index in [2.05, 4.69) is 0 Å². The SMILES string of the molecule is CC(=O)N1CCC2(CC1)CC2C(=O)N1CCC1. The van der Waals surface area contributed by atoms with Crippen molar-refractivity contribution in [2.45, 2.75) is 32.6 Å². The Labute approximate surface area is 102 Å². The topological polar surface area (TPSA) is 40.6 Å². The maximum absolute atomic E-state index is 12.1. The quantitative estimate of drug-likeness (QED) is 0.677. The first-order valence-corrected chi connectivity index (χ1v) is 6.67. The van der Waals surface area contributed by atoms with Gasteiger partial charge >= 0.3 is 0 Å². The van der Waals surface area contributed by atoms with Gasteiger partial charge < -0.3 is 9.80 Å². The average Bonchev–Trinajstić information content (AvgIpc) is 2.90. The van der Waals surface area contributed by atoms with E-state index in [0.29, 0.717) is 5.91 Å². The fourth-order valence-corrected chi connectivity index (χ4v) is 3.27. The maximum Gasteiger partial charge on any atom is 0.226 e. The van der Waals surface area contributed by atoms with Crippen LogP contribution in [0.2, 0.25) is 0 Å². The Morgan fingerprint density at radius 1 is 1.06 bits per heavy atom. The van der Waals surface area contributed by atoms with Gasteiger partial charge in [0.25, 0.3) is 0 Å². The summed E-state index contributed by atoms with van der Waals surface area (Å²) in [4.78, 5) is 27.3. The monoisotopic (exact) mass is 236 g/mol. The van der Waals surface area contributed by atoms with Crippen LogP contribution < -0.4 is 0 Å². The second-order valence-electron chi connectivity index (χ2n) is 5.80. The Balaban J connectivity index is 1.57. The molecule has 3 aliphatic rings. The number of nitrogens with zero attached hydrogens (tertiary/aromatic N) is 2. The lowest BCUT2D eigenvalue weighted by Crippen LogP contribution is -2.45. The second-order valence-corrected chi connectivity index (χ2v) is 5.80. The first-order valence-electron chi connectivity index (χ1n) is 6.67. The predicted octanol–water partition coefficient (Wildman–Crippen LogP) is 0.867. The van der Waals surface area contributed by atoms with E-state index in [9.17, 15) is 9.59 Å². The number of amides is 2. The molecule has 0 aromatic rings. The van der Waals surface area contributed by atoms with Gasteiger partial charge in [-0.2, -0.15) is 0 Å². The highest BCUT2D eigenvalue weighted by molar-refractivity contribution is 5.83. The smallest absolute Gasteiger partial charge is 0.226 e. The molecule has 1 unspecified atom stereocenters. The molecule has 17 heavy (non-hydrogen) atoms. The van der Waals surface area contributed by atoms with Crippen molar-refractivity contribution in [1.29, 1.82) is 0 Å². The van der Waals surface area contributed by atoms with Gasteiger partial charge in [0.1, 0.15) is 0 Å². The Kier molecular flexibility index (Phi) is 2.42. The Hall–Kier alpha value is -1.06. The first-order chi connectivity index (χ1) is 8.12. The third kappa shape index (κ3) is 1.74. The molecule has 3 fully saturated rings. The lowest BCUT2D eigenvalue weighted by molar-refractivity contribution is -0.137. The summed E-state index contributed by atoms with van der Waals surface area (Å²) in [6, 6.07) is 0. The van der Waals surface area contributed by atoms with Crippen molar-refractivity contribution in [2.24, 2.45) is 11.3 Å². The van der Waals surface area contributed by atoms with Crippen LogP contribution in [0.25, 0.3) is 0 Å². The molecule has 4 nitrogen and oxygen atoms in total. The molecule has 1 saturated carbocycles. The summed E-state index contributed by atoms with van der Waals surface area (Å²) >= 11 is 0. The average molecular weight is 236 g/mol. The molecule has 0 bridgehead atoms. The third-order valence-corrected chi connectivity index (χ3v) is 4.86. The van der Waals surface area contributed by atoms with Gasteiger partial charge in [0.15, 0.2) is 0 Å². The van der Waals surface area contributed by atoms with E-state index in [1.807, 2.05) is 9.80 Å². The molecular formula is C13H20N2O2. The minimum Gasteiger partial charge on any atom is -0.343 e. The number of piperidine rings is 1. The summed E-state index contributed by atoms with van der Waals surface area (Å²) < 4.78 is 0. The summed E-state index contributed by atoms with van der Waals surface area (Å²) in [5.74, 6) is 0.829. The lowest BCUT2D eigenvalue weighted by atomic mass is 9.90. The largest absolute Gasteiger partial charge is 0.343 e. The predicted molar refractivity (Wildman–Crippen MR) is 63.2 cm³/mol. The van der Waals surface area contributed by atoms with E-state index in [0.717, 1.165) is 45.4 Å². The molecule has 1 atom stereocenters. The van der Waals surface area contributed by atoms with E-state index in [-0.39, 0.29) is 17.2 Å². The number of carbonyl (C=O) groups is 2. The molecule has 0 N–H and O–H groups in total. The molecule has 2 aliphatic heterocycles. The number of likely N-dealkylation sites (tertiary alicyclic amines) is 2. The maximum atomic E-state index is 12.1. The highest BCUT2D eigenvalue weighted by Gasteiger charge is 2.59. The molecule has 0 aromatic heterocycles. The van der Waals surface area contributed by atoms with E-state index in [1.54, 1.807) is 6.92 Å². The molecule has 2 saturated heterocycles. The summed E-state index contributed by atoms with van der Waals surface area (Å²) in [5, 5.41) is 0. The molecule has 1 aliphatic carbocycles. The standard InChI is InChI=1S/C13H20N2O2/c1-10(16)14-7-3-13(4-8-14)9-11(13)12(17)15-5-2-6-15/h11H,2-9H2,1H3.